The fraction of sp³-hybridized carbons (Fsp3) is 0.667. The van der Waals surface area contributed by atoms with E-state index in [0.717, 1.165) is 17.3 Å². The molecule has 0 aromatic heterocycles. The summed E-state index contributed by atoms with van der Waals surface area (Å²) < 4.78 is 6.13. The highest BCUT2D eigenvalue weighted by atomic mass is 16.5. The molecule has 1 rings (SSSR count). The minimum atomic E-state index is 0.367. The maximum absolute atomic E-state index is 6.13. The Kier molecular flexibility index (Phi) is 5.90. The van der Waals surface area contributed by atoms with Gasteiger partial charge in [0.05, 0.1) is 6.10 Å². The summed E-state index contributed by atoms with van der Waals surface area (Å²) in [5.41, 5.74) is 1.41. The third kappa shape index (κ3) is 4.89. The van der Waals surface area contributed by atoms with E-state index in [1.165, 1.54) is 25.7 Å². The van der Waals surface area contributed by atoms with Gasteiger partial charge in [0.15, 0.2) is 0 Å². The summed E-state index contributed by atoms with van der Waals surface area (Å²) in [4.78, 5) is 0. The van der Waals surface area contributed by atoms with E-state index in [-0.39, 0.29) is 0 Å². The van der Waals surface area contributed by atoms with Gasteiger partial charge in [0.2, 0.25) is 0 Å². The van der Waals surface area contributed by atoms with E-state index in [2.05, 4.69) is 27.4 Å². The lowest BCUT2D eigenvalue weighted by Crippen LogP contribution is -2.29. The molecule has 1 nitrogen and oxygen atoms in total. The number of ether oxygens (including phenoxy) is 1. The Morgan fingerprint density at radius 1 is 1.11 bits per heavy atom. The lowest BCUT2D eigenvalue weighted by atomic mass is 9.72. The van der Waals surface area contributed by atoms with Gasteiger partial charge in [0.1, 0.15) is 5.76 Å². The molecule has 0 aromatic rings. The van der Waals surface area contributed by atoms with Gasteiger partial charge in [0.25, 0.3) is 0 Å². The predicted octanol–water partition coefficient (Wildman–Crippen LogP) is 5.64. The smallest absolute Gasteiger partial charge is 0.122 e. The lowest BCUT2D eigenvalue weighted by Gasteiger charge is -2.37. The minimum absolute atomic E-state index is 0.367. The minimum Gasteiger partial charge on any atom is -0.490 e. The maximum atomic E-state index is 6.13. The van der Waals surface area contributed by atoms with Crippen molar-refractivity contribution in [2.24, 2.45) is 11.3 Å². The van der Waals surface area contributed by atoms with Crippen LogP contribution in [-0.4, -0.2) is 6.10 Å². The fourth-order valence-electron chi connectivity index (χ4n) is 2.84. The van der Waals surface area contributed by atoms with Crippen LogP contribution in [0.3, 0.4) is 0 Å². The van der Waals surface area contributed by atoms with Crippen molar-refractivity contribution in [2.75, 3.05) is 0 Å². The van der Waals surface area contributed by atoms with E-state index >= 15 is 0 Å². The highest BCUT2D eigenvalue weighted by molar-refractivity contribution is 5.32. The second-order valence-corrected chi connectivity index (χ2v) is 6.64. The number of rotatable bonds is 4. The van der Waals surface area contributed by atoms with Crippen LogP contribution in [0.25, 0.3) is 0 Å². The van der Waals surface area contributed by atoms with Crippen LogP contribution in [0.4, 0.5) is 0 Å². The molecule has 1 saturated carbocycles. The summed E-state index contributed by atoms with van der Waals surface area (Å²) in [5.74, 6) is 1.78. The first-order valence-electron chi connectivity index (χ1n) is 7.53. The third-order valence-electron chi connectivity index (χ3n) is 4.14. The normalized spacial score (nSPS) is 25.6. The van der Waals surface area contributed by atoms with Gasteiger partial charge in [-0.05, 0) is 56.9 Å². The van der Waals surface area contributed by atoms with E-state index in [1.807, 2.05) is 32.1 Å². The van der Waals surface area contributed by atoms with Crippen LogP contribution in [0.15, 0.2) is 36.1 Å². The highest BCUT2D eigenvalue weighted by Gasteiger charge is 2.30. The quantitative estimate of drug-likeness (QED) is 0.470. The Morgan fingerprint density at radius 2 is 1.68 bits per heavy atom. The molecule has 19 heavy (non-hydrogen) atoms. The van der Waals surface area contributed by atoms with Crippen LogP contribution in [0.2, 0.25) is 0 Å². The highest BCUT2D eigenvalue weighted by Crippen LogP contribution is 2.39. The fourth-order valence-corrected chi connectivity index (χ4v) is 2.84. The first kappa shape index (κ1) is 16.1. The van der Waals surface area contributed by atoms with Crippen LogP contribution in [0.1, 0.15) is 60.3 Å². The summed E-state index contributed by atoms with van der Waals surface area (Å²) in [5, 5.41) is 0. The molecular formula is C18H30O. The molecule has 0 saturated heterocycles. The Hall–Kier alpha value is -0.980. The first-order valence-corrected chi connectivity index (χ1v) is 7.53. The lowest BCUT2D eigenvalue weighted by molar-refractivity contribution is 0.0475. The van der Waals surface area contributed by atoms with Crippen molar-refractivity contribution in [3.05, 3.63) is 36.1 Å². The molecule has 0 radical (unpaired) electrons. The largest absolute Gasteiger partial charge is 0.490 e. The summed E-state index contributed by atoms with van der Waals surface area (Å²) in [7, 11) is 0. The van der Waals surface area contributed by atoms with Crippen molar-refractivity contribution in [1.29, 1.82) is 0 Å². The molecule has 1 heteroatoms. The molecule has 0 N–H and O–H groups in total. The maximum Gasteiger partial charge on any atom is 0.122 e. The molecule has 0 amide bonds. The second kappa shape index (κ2) is 6.98. The van der Waals surface area contributed by atoms with Gasteiger partial charge >= 0.3 is 0 Å². The molecule has 1 fully saturated rings. The number of hydrogen-bond acceptors (Lipinski definition) is 1. The van der Waals surface area contributed by atoms with Gasteiger partial charge in [-0.25, -0.2) is 0 Å². The van der Waals surface area contributed by atoms with Crippen LogP contribution in [0, 0.1) is 11.3 Å². The van der Waals surface area contributed by atoms with Crippen LogP contribution >= 0.6 is 0 Å². The third-order valence-corrected chi connectivity index (χ3v) is 4.14. The van der Waals surface area contributed by atoms with Crippen LogP contribution < -0.4 is 0 Å². The molecule has 1 aliphatic rings. The summed E-state index contributed by atoms with van der Waals surface area (Å²) >= 11 is 0. The average Bonchev–Trinajstić information content (AvgIpc) is 2.35. The molecule has 1 aliphatic carbocycles. The van der Waals surface area contributed by atoms with Crippen molar-refractivity contribution in [3.8, 4) is 0 Å². The van der Waals surface area contributed by atoms with E-state index in [9.17, 15) is 0 Å². The zero-order chi connectivity index (χ0) is 14.5. The molecule has 0 heterocycles. The van der Waals surface area contributed by atoms with Crippen molar-refractivity contribution in [2.45, 2.75) is 66.4 Å². The topological polar surface area (TPSA) is 9.23 Å². The molecule has 108 valence electrons. The second-order valence-electron chi connectivity index (χ2n) is 6.64. The summed E-state index contributed by atoms with van der Waals surface area (Å²) in [6.07, 6.45) is 11.3. The standard InChI is InChI=1S/C18H30O/c1-7-9-14(3)17(8-2)19-16-12-10-15(11-13-16)18(4,5)6/h7-9,15-16H,3,10-13H2,1-2,4-6H3. The molecule has 0 atom stereocenters. The van der Waals surface area contributed by atoms with E-state index in [4.69, 9.17) is 4.74 Å². The molecule has 0 aromatic carbocycles. The molecule has 0 aliphatic heterocycles. The van der Waals surface area contributed by atoms with Gasteiger partial charge in [-0.3, -0.25) is 0 Å². The molecular weight excluding hydrogens is 232 g/mol. The van der Waals surface area contributed by atoms with Crippen molar-refractivity contribution in [3.63, 3.8) is 0 Å². The van der Waals surface area contributed by atoms with Gasteiger partial charge < -0.3 is 4.74 Å². The van der Waals surface area contributed by atoms with Crippen LogP contribution in [0.5, 0.6) is 0 Å². The van der Waals surface area contributed by atoms with Gasteiger partial charge in [-0.15, -0.1) is 0 Å². The molecule has 0 unspecified atom stereocenters. The Labute approximate surface area is 119 Å². The number of hydrogen-bond donors (Lipinski definition) is 0. The summed E-state index contributed by atoms with van der Waals surface area (Å²) in [6, 6.07) is 0. The van der Waals surface area contributed by atoms with Crippen molar-refractivity contribution in [1.82, 2.24) is 0 Å². The van der Waals surface area contributed by atoms with E-state index < -0.39 is 0 Å². The zero-order valence-corrected chi connectivity index (χ0v) is 13.3. The Balaban J connectivity index is 2.51. The Bertz CT molecular complexity index is 346. The van der Waals surface area contributed by atoms with Gasteiger partial charge in [0, 0.05) is 5.57 Å². The van der Waals surface area contributed by atoms with Gasteiger partial charge in [-0.1, -0.05) is 39.5 Å². The van der Waals surface area contributed by atoms with E-state index in [0.29, 0.717) is 11.5 Å². The first-order chi connectivity index (χ1) is 8.88. The van der Waals surface area contributed by atoms with E-state index in [1.54, 1.807) is 0 Å². The van der Waals surface area contributed by atoms with Crippen molar-refractivity contribution >= 4 is 0 Å². The molecule has 0 spiro atoms. The molecule has 0 bridgehead atoms. The predicted molar refractivity (Wildman–Crippen MR) is 84.0 cm³/mol. The average molecular weight is 262 g/mol. The van der Waals surface area contributed by atoms with Gasteiger partial charge in [-0.2, -0.15) is 0 Å². The van der Waals surface area contributed by atoms with Crippen molar-refractivity contribution < 1.29 is 4.74 Å². The summed E-state index contributed by atoms with van der Waals surface area (Å²) in [6.45, 7) is 15.1. The van der Waals surface area contributed by atoms with Crippen LogP contribution in [-0.2, 0) is 4.74 Å². The zero-order valence-electron chi connectivity index (χ0n) is 13.3. The Morgan fingerprint density at radius 3 is 2.11 bits per heavy atom. The number of allylic oxidation sites excluding steroid dienone is 3. The monoisotopic (exact) mass is 262 g/mol. The SMILES string of the molecule is C=C(C=CC)C(=CC)OC1CCC(C(C)(C)C)CC1.